The summed E-state index contributed by atoms with van der Waals surface area (Å²) < 4.78 is 5.80. The molecule has 2 aromatic carbocycles. The molecule has 1 amide bonds. The highest BCUT2D eigenvalue weighted by molar-refractivity contribution is 7.80. The largest absolute Gasteiger partial charge is 0.483 e. The summed E-state index contributed by atoms with van der Waals surface area (Å²) in [6.45, 7) is 8.22. The maximum absolute atomic E-state index is 12.4. The zero-order valence-electron chi connectivity index (χ0n) is 18.0. The van der Waals surface area contributed by atoms with Crippen molar-refractivity contribution in [1.82, 2.24) is 5.32 Å². The number of ether oxygens (including phenoxy) is 1. The number of piperidine rings is 1. The van der Waals surface area contributed by atoms with E-state index in [9.17, 15) is 4.79 Å². The highest BCUT2D eigenvalue weighted by atomic mass is 32.1. The Bertz CT molecular complexity index is 892. The number of hydrogen-bond acceptors (Lipinski definition) is 4. The number of anilines is 2. The molecule has 2 N–H and O–H groups in total. The molecule has 0 atom stereocenters. The van der Waals surface area contributed by atoms with E-state index in [1.807, 2.05) is 31.2 Å². The molecule has 2 aromatic rings. The molecule has 1 aliphatic rings. The van der Waals surface area contributed by atoms with Crippen molar-refractivity contribution in [2.75, 3.05) is 29.9 Å². The van der Waals surface area contributed by atoms with Crippen molar-refractivity contribution in [3.63, 3.8) is 0 Å². The third-order valence-corrected chi connectivity index (χ3v) is 5.46. The van der Waals surface area contributed by atoms with E-state index in [1.165, 1.54) is 19.3 Å². The molecule has 0 aliphatic carbocycles. The van der Waals surface area contributed by atoms with Crippen molar-refractivity contribution in [3.8, 4) is 5.75 Å². The predicted octanol–water partition coefficient (Wildman–Crippen LogP) is 5.00. The highest BCUT2D eigenvalue weighted by Gasteiger charge is 2.16. The van der Waals surface area contributed by atoms with Crippen molar-refractivity contribution in [2.45, 2.75) is 46.0 Å². The molecule has 0 saturated carbocycles. The molecule has 0 unspecified atom stereocenters. The van der Waals surface area contributed by atoms with E-state index < -0.39 is 0 Å². The second kappa shape index (κ2) is 10.4. The van der Waals surface area contributed by atoms with Gasteiger partial charge in [0, 0.05) is 13.1 Å². The Labute approximate surface area is 184 Å². The molecule has 0 radical (unpaired) electrons. The van der Waals surface area contributed by atoms with Gasteiger partial charge in [-0.05, 0) is 73.6 Å². The summed E-state index contributed by atoms with van der Waals surface area (Å²) in [5.74, 6) is 0.784. The third-order valence-electron chi connectivity index (χ3n) is 5.25. The van der Waals surface area contributed by atoms with Crippen molar-refractivity contribution < 1.29 is 9.53 Å². The van der Waals surface area contributed by atoms with Gasteiger partial charge in [-0.25, -0.2) is 0 Å². The van der Waals surface area contributed by atoms with Gasteiger partial charge in [0.15, 0.2) is 11.7 Å². The average molecular weight is 426 g/mol. The molecule has 160 valence electrons. The fourth-order valence-electron chi connectivity index (χ4n) is 3.69. The van der Waals surface area contributed by atoms with Gasteiger partial charge in [-0.3, -0.25) is 10.1 Å². The Hall–Kier alpha value is -2.60. The number of nitrogens with one attached hydrogen (secondary N) is 2. The number of amides is 1. The van der Waals surface area contributed by atoms with E-state index >= 15 is 0 Å². The summed E-state index contributed by atoms with van der Waals surface area (Å²) >= 11 is 5.38. The summed E-state index contributed by atoms with van der Waals surface area (Å²) in [7, 11) is 0. The Balaban J connectivity index is 1.57. The van der Waals surface area contributed by atoms with Gasteiger partial charge in [-0.15, -0.1) is 0 Å². The Kier molecular flexibility index (Phi) is 7.69. The predicted molar refractivity (Wildman–Crippen MR) is 128 cm³/mol. The zero-order valence-corrected chi connectivity index (χ0v) is 18.8. The molecule has 5 nitrogen and oxygen atoms in total. The number of hydrogen-bond donors (Lipinski definition) is 2. The normalized spacial score (nSPS) is 13.8. The second-order valence-corrected chi connectivity index (χ2v) is 8.46. The van der Waals surface area contributed by atoms with Crippen LogP contribution < -0.4 is 20.3 Å². The van der Waals surface area contributed by atoms with Crippen LogP contribution in [0.1, 0.15) is 50.2 Å². The molecule has 0 aromatic heterocycles. The minimum absolute atomic E-state index is 0.0846. The lowest BCUT2D eigenvalue weighted by Crippen LogP contribution is -2.38. The van der Waals surface area contributed by atoms with Crippen molar-refractivity contribution >= 4 is 34.6 Å². The van der Waals surface area contributed by atoms with Crippen molar-refractivity contribution in [3.05, 3.63) is 53.6 Å². The number of thiocarbonyl (C=S) groups is 1. The molecule has 1 fully saturated rings. The van der Waals surface area contributed by atoms with Crippen LogP contribution in [0.2, 0.25) is 0 Å². The quantitative estimate of drug-likeness (QED) is 0.638. The van der Waals surface area contributed by atoms with E-state index in [4.69, 9.17) is 17.0 Å². The molecular formula is C24H31N3O2S. The maximum atomic E-state index is 12.4. The second-order valence-electron chi connectivity index (χ2n) is 8.05. The van der Waals surface area contributed by atoms with Gasteiger partial charge in [0.1, 0.15) is 5.75 Å². The van der Waals surface area contributed by atoms with Gasteiger partial charge in [-0.1, -0.05) is 38.1 Å². The molecular weight excluding hydrogens is 394 g/mol. The first-order chi connectivity index (χ1) is 14.4. The molecule has 1 aliphatic heterocycles. The monoisotopic (exact) mass is 425 g/mol. The number of rotatable bonds is 6. The molecule has 1 saturated heterocycles. The number of benzene rings is 2. The van der Waals surface area contributed by atoms with Gasteiger partial charge < -0.3 is 15.0 Å². The summed E-state index contributed by atoms with van der Waals surface area (Å²) in [4.78, 5) is 14.8. The van der Waals surface area contributed by atoms with E-state index in [-0.39, 0.29) is 17.6 Å². The van der Waals surface area contributed by atoms with Crippen LogP contribution in [0.25, 0.3) is 0 Å². The standard InChI is InChI=1S/C24H31N3O2S/c1-17(2)19-12-11-18(3)15-22(19)29-16-23(28)26-24(30)25-20-9-5-6-10-21(20)27-13-7-4-8-14-27/h5-6,9-12,15,17H,4,7-8,13-14,16H2,1-3H3,(H2,25,26,28,30). The van der Waals surface area contributed by atoms with Gasteiger partial charge in [0.2, 0.25) is 0 Å². The Morgan fingerprint density at radius 3 is 2.60 bits per heavy atom. The number of carbonyl (C=O) groups is 1. The molecule has 30 heavy (non-hydrogen) atoms. The molecule has 3 rings (SSSR count). The van der Waals surface area contributed by atoms with E-state index in [1.54, 1.807) is 0 Å². The van der Waals surface area contributed by atoms with E-state index in [0.29, 0.717) is 5.92 Å². The van der Waals surface area contributed by atoms with Gasteiger partial charge in [-0.2, -0.15) is 0 Å². The molecule has 0 bridgehead atoms. The van der Waals surface area contributed by atoms with Crippen LogP contribution in [-0.4, -0.2) is 30.7 Å². The minimum atomic E-state index is -0.279. The Morgan fingerprint density at radius 1 is 1.13 bits per heavy atom. The first kappa shape index (κ1) is 22.1. The van der Waals surface area contributed by atoms with Crippen LogP contribution in [0.3, 0.4) is 0 Å². The zero-order chi connectivity index (χ0) is 21.5. The van der Waals surface area contributed by atoms with E-state index in [2.05, 4.69) is 47.6 Å². The van der Waals surface area contributed by atoms with Crippen LogP contribution in [0, 0.1) is 6.92 Å². The lowest BCUT2D eigenvalue weighted by atomic mass is 10.0. The highest BCUT2D eigenvalue weighted by Crippen LogP contribution is 2.29. The molecule has 0 spiro atoms. The average Bonchev–Trinajstić information content (AvgIpc) is 2.73. The number of aryl methyl sites for hydroxylation is 1. The Morgan fingerprint density at radius 2 is 1.87 bits per heavy atom. The van der Waals surface area contributed by atoms with Crippen LogP contribution in [0.4, 0.5) is 11.4 Å². The van der Waals surface area contributed by atoms with E-state index in [0.717, 1.165) is 41.3 Å². The number of carbonyl (C=O) groups excluding carboxylic acids is 1. The molecule has 6 heteroatoms. The number of para-hydroxylation sites is 2. The maximum Gasteiger partial charge on any atom is 0.264 e. The van der Waals surface area contributed by atoms with Gasteiger partial charge in [0.25, 0.3) is 5.91 Å². The van der Waals surface area contributed by atoms with Crippen LogP contribution in [0.15, 0.2) is 42.5 Å². The first-order valence-corrected chi connectivity index (χ1v) is 11.0. The first-order valence-electron chi connectivity index (χ1n) is 10.6. The van der Waals surface area contributed by atoms with Crippen LogP contribution >= 0.6 is 12.2 Å². The lowest BCUT2D eigenvalue weighted by Gasteiger charge is -2.30. The summed E-state index contributed by atoms with van der Waals surface area (Å²) in [6, 6.07) is 14.1. The summed E-state index contributed by atoms with van der Waals surface area (Å²) in [5.41, 5.74) is 4.21. The topological polar surface area (TPSA) is 53.6 Å². The molecule has 1 heterocycles. The van der Waals surface area contributed by atoms with Crippen LogP contribution in [-0.2, 0) is 4.79 Å². The SMILES string of the molecule is Cc1ccc(C(C)C)c(OCC(=O)NC(=S)Nc2ccccc2N2CCCCC2)c1. The lowest BCUT2D eigenvalue weighted by molar-refractivity contribution is -0.121. The third kappa shape index (κ3) is 5.95. The van der Waals surface area contributed by atoms with Gasteiger partial charge in [0.05, 0.1) is 11.4 Å². The number of nitrogens with zero attached hydrogens (tertiary/aromatic N) is 1. The van der Waals surface area contributed by atoms with Crippen LogP contribution in [0.5, 0.6) is 5.75 Å². The van der Waals surface area contributed by atoms with Crippen molar-refractivity contribution in [1.29, 1.82) is 0 Å². The van der Waals surface area contributed by atoms with Gasteiger partial charge >= 0.3 is 0 Å². The minimum Gasteiger partial charge on any atom is -0.483 e. The summed E-state index contributed by atoms with van der Waals surface area (Å²) in [6.07, 6.45) is 3.67. The summed E-state index contributed by atoms with van der Waals surface area (Å²) in [5, 5.41) is 6.19. The smallest absolute Gasteiger partial charge is 0.264 e. The van der Waals surface area contributed by atoms with Crippen molar-refractivity contribution in [2.24, 2.45) is 0 Å². The fraction of sp³-hybridized carbons (Fsp3) is 0.417. The fourth-order valence-corrected chi connectivity index (χ4v) is 3.92.